The van der Waals surface area contributed by atoms with Gasteiger partial charge in [-0.1, -0.05) is 31.0 Å². The summed E-state index contributed by atoms with van der Waals surface area (Å²) in [5.74, 6) is 2.03. The molecule has 2 fully saturated rings. The topological polar surface area (TPSA) is 73.1 Å². The van der Waals surface area contributed by atoms with Crippen LogP contribution in [0.4, 0.5) is 0 Å². The molecule has 2 aliphatic rings. The standard InChI is InChI=1S/C19H25N5O2/c25-19(23-12-6-8-15-7-4-5-11-17(15)23)13-24-21-18(20-22-24)14-26-16-9-2-1-3-10-16/h1-3,9-10,15,17H,4-8,11-14H2/t15-,17+/m1/s1. The van der Waals surface area contributed by atoms with Gasteiger partial charge in [0.2, 0.25) is 11.7 Å². The van der Waals surface area contributed by atoms with Gasteiger partial charge in [-0.15, -0.1) is 10.2 Å². The molecule has 26 heavy (non-hydrogen) atoms. The lowest BCUT2D eigenvalue weighted by atomic mass is 9.78. The third kappa shape index (κ3) is 3.86. The van der Waals surface area contributed by atoms with Gasteiger partial charge in [0, 0.05) is 12.6 Å². The van der Waals surface area contributed by atoms with Crippen molar-refractivity contribution < 1.29 is 9.53 Å². The molecule has 7 nitrogen and oxygen atoms in total. The first-order valence-corrected chi connectivity index (χ1v) is 9.53. The molecule has 138 valence electrons. The number of carbonyl (C=O) groups is 1. The van der Waals surface area contributed by atoms with E-state index in [9.17, 15) is 4.79 Å². The molecule has 2 heterocycles. The average molecular weight is 355 g/mol. The number of para-hydroxylation sites is 1. The van der Waals surface area contributed by atoms with Crippen molar-refractivity contribution in [3.63, 3.8) is 0 Å². The highest BCUT2D eigenvalue weighted by molar-refractivity contribution is 5.76. The second-order valence-corrected chi connectivity index (χ2v) is 7.18. The first-order chi connectivity index (χ1) is 12.8. The minimum absolute atomic E-state index is 0.106. The zero-order chi connectivity index (χ0) is 17.8. The molecule has 1 aliphatic heterocycles. The number of nitrogens with zero attached hydrogens (tertiary/aromatic N) is 5. The largest absolute Gasteiger partial charge is 0.485 e. The number of aromatic nitrogens is 4. The second kappa shape index (κ2) is 7.85. The number of tetrazole rings is 1. The highest BCUT2D eigenvalue weighted by atomic mass is 16.5. The van der Waals surface area contributed by atoms with Gasteiger partial charge in [-0.05, 0) is 48.9 Å². The zero-order valence-electron chi connectivity index (χ0n) is 15.0. The zero-order valence-corrected chi connectivity index (χ0v) is 15.0. The van der Waals surface area contributed by atoms with E-state index >= 15 is 0 Å². The van der Waals surface area contributed by atoms with Crippen molar-refractivity contribution in [1.29, 1.82) is 0 Å². The number of benzene rings is 1. The highest BCUT2D eigenvalue weighted by Crippen LogP contribution is 2.35. The number of hydrogen-bond donors (Lipinski definition) is 0. The molecular weight excluding hydrogens is 330 g/mol. The molecule has 7 heteroatoms. The van der Waals surface area contributed by atoms with E-state index in [4.69, 9.17) is 4.74 Å². The maximum atomic E-state index is 12.8. The Hall–Kier alpha value is -2.44. The van der Waals surface area contributed by atoms with Gasteiger partial charge in [0.05, 0.1) is 0 Å². The predicted molar refractivity (Wildman–Crippen MR) is 95.3 cm³/mol. The molecule has 0 radical (unpaired) electrons. The van der Waals surface area contributed by atoms with E-state index in [0.29, 0.717) is 17.8 Å². The fraction of sp³-hybridized carbons (Fsp3) is 0.579. The van der Waals surface area contributed by atoms with Crippen molar-refractivity contribution in [2.45, 2.75) is 57.7 Å². The van der Waals surface area contributed by atoms with Crippen LogP contribution in [0.3, 0.4) is 0 Å². The van der Waals surface area contributed by atoms with Crippen LogP contribution in [0.1, 0.15) is 44.3 Å². The summed E-state index contributed by atoms with van der Waals surface area (Å²) in [7, 11) is 0. The summed E-state index contributed by atoms with van der Waals surface area (Å²) in [6.07, 6.45) is 7.30. The summed E-state index contributed by atoms with van der Waals surface area (Å²) in [6, 6.07) is 9.93. The van der Waals surface area contributed by atoms with Gasteiger partial charge in [-0.25, -0.2) is 0 Å². The highest BCUT2D eigenvalue weighted by Gasteiger charge is 2.35. The number of likely N-dealkylation sites (tertiary alicyclic amines) is 1. The van der Waals surface area contributed by atoms with Crippen molar-refractivity contribution >= 4 is 5.91 Å². The minimum atomic E-state index is 0.106. The second-order valence-electron chi connectivity index (χ2n) is 7.18. The molecule has 1 saturated heterocycles. The van der Waals surface area contributed by atoms with Crippen LogP contribution in [0.25, 0.3) is 0 Å². The van der Waals surface area contributed by atoms with Crippen LogP contribution in [-0.4, -0.2) is 43.6 Å². The Morgan fingerprint density at radius 1 is 1.12 bits per heavy atom. The molecular formula is C19H25N5O2. The van der Waals surface area contributed by atoms with E-state index in [0.717, 1.165) is 25.1 Å². The molecule has 1 saturated carbocycles. The van der Waals surface area contributed by atoms with E-state index in [-0.39, 0.29) is 19.1 Å². The van der Waals surface area contributed by atoms with Crippen LogP contribution >= 0.6 is 0 Å². The van der Waals surface area contributed by atoms with E-state index < -0.39 is 0 Å². The molecule has 0 spiro atoms. The first-order valence-electron chi connectivity index (χ1n) is 9.53. The van der Waals surface area contributed by atoms with Crippen molar-refractivity contribution in [3.05, 3.63) is 36.2 Å². The maximum Gasteiger partial charge on any atom is 0.246 e. The van der Waals surface area contributed by atoms with E-state index in [1.165, 1.54) is 30.5 Å². The molecule has 2 aromatic rings. The van der Waals surface area contributed by atoms with Gasteiger partial charge in [0.1, 0.15) is 12.3 Å². The van der Waals surface area contributed by atoms with Gasteiger partial charge in [0.15, 0.2) is 6.61 Å². The first kappa shape index (κ1) is 17.0. The number of piperidine rings is 1. The van der Waals surface area contributed by atoms with Gasteiger partial charge >= 0.3 is 0 Å². The van der Waals surface area contributed by atoms with Crippen molar-refractivity contribution in [2.24, 2.45) is 5.92 Å². The summed E-state index contributed by atoms with van der Waals surface area (Å²) in [4.78, 5) is 16.2. The van der Waals surface area contributed by atoms with E-state index in [1.807, 2.05) is 30.3 Å². The van der Waals surface area contributed by atoms with Gasteiger partial charge in [0.25, 0.3) is 0 Å². The number of carbonyl (C=O) groups excluding carboxylic acids is 1. The molecule has 4 rings (SSSR count). The smallest absolute Gasteiger partial charge is 0.246 e. The van der Waals surface area contributed by atoms with Crippen LogP contribution < -0.4 is 4.74 Å². The summed E-state index contributed by atoms with van der Waals surface area (Å²) in [5, 5.41) is 12.3. The lowest BCUT2D eigenvalue weighted by Gasteiger charge is -2.44. The lowest BCUT2D eigenvalue weighted by molar-refractivity contribution is -0.138. The van der Waals surface area contributed by atoms with Gasteiger partial charge in [-0.2, -0.15) is 4.80 Å². The average Bonchev–Trinajstić information content (AvgIpc) is 3.14. The molecule has 1 aromatic carbocycles. The van der Waals surface area contributed by atoms with Crippen LogP contribution in [0, 0.1) is 5.92 Å². The molecule has 0 unspecified atom stereocenters. The number of hydrogen-bond acceptors (Lipinski definition) is 5. The van der Waals surface area contributed by atoms with Gasteiger partial charge in [-0.3, -0.25) is 4.79 Å². The third-order valence-corrected chi connectivity index (χ3v) is 5.45. The summed E-state index contributed by atoms with van der Waals surface area (Å²) < 4.78 is 5.62. The number of fused-ring (bicyclic) bond motifs is 1. The van der Waals surface area contributed by atoms with Crippen LogP contribution in [0.2, 0.25) is 0 Å². The number of amides is 1. The fourth-order valence-electron chi connectivity index (χ4n) is 4.21. The number of ether oxygens (including phenoxy) is 1. The van der Waals surface area contributed by atoms with E-state index in [2.05, 4.69) is 20.3 Å². The SMILES string of the molecule is O=C(Cn1nnc(COc2ccccc2)n1)N1CCC[C@H]2CCCC[C@@H]21. The Labute approximate surface area is 153 Å². The molecule has 1 aliphatic carbocycles. The Kier molecular flexibility index (Phi) is 5.13. The summed E-state index contributed by atoms with van der Waals surface area (Å²) >= 11 is 0. The fourth-order valence-corrected chi connectivity index (χ4v) is 4.21. The Morgan fingerprint density at radius 2 is 1.92 bits per heavy atom. The molecule has 0 N–H and O–H groups in total. The Bertz CT molecular complexity index is 731. The van der Waals surface area contributed by atoms with Crippen LogP contribution in [-0.2, 0) is 17.9 Å². The van der Waals surface area contributed by atoms with E-state index in [1.54, 1.807) is 0 Å². The minimum Gasteiger partial charge on any atom is -0.485 e. The summed E-state index contributed by atoms with van der Waals surface area (Å²) in [6.45, 7) is 1.26. The van der Waals surface area contributed by atoms with Crippen molar-refractivity contribution in [1.82, 2.24) is 25.1 Å². The van der Waals surface area contributed by atoms with Gasteiger partial charge < -0.3 is 9.64 Å². The Morgan fingerprint density at radius 3 is 2.81 bits per heavy atom. The Balaban J connectivity index is 1.33. The quantitative estimate of drug-likeness (QED) is 0.824. The molecule has 2 atom stereocenters. The van der Waals surface area contributed by atoms with Crippen molar-refractivity contribution in [3.8, 4) is 5.75 Å². The monoisotopic (exact) mass is 355 g/mol. The lowest BCUT2D eigenvalue weighted by Crippen LogP contribution is -2.50. The normalized spacial score (nSPS) is 22.7. The predicted octanol–water partition coefficient (Wildman–Crippen LogP) is 2.43. The molecule has 1 aromatic heterocycles. The van der Waals surface area contributed by atoms with Crippen LogP contribution in [0.5, 0.6) is 5.75 Å². The van der Waals surface area contributed by atoms with Crippen molar-refractivity contribution in [2.75, 3.05) is 6.54 Å². The maximum absolute atomic E-state index is 12.8. The number of rotatable bonds is 5. The third-order valence-electron chi connectivity index (χ3n) is 5.45. The molecule has 1 amide bonds. The molecule has 0 bridgehead atoms. The summed E-state index contributed by atoms with van der Waals surface area (Å²) in [5.41, 5.74) is 0. The van der Waals surface area contributed by atoms with Crippen LogP contribution in [0.15, 0.2) is 30.3 Å².